The van der Waals surface area contributed by atoms with Gasteiger partial charge in [-0.1, -0.05) is 35.0 Å². The van der Waals surface area contributed by atoms with Gasteiger partial charge in [0.1, 0.15) is 5.25 Å². The molecule has 1 aromatic rings. The maximum absolute atomic E-state index is 12.0. The van der Waals surface area contributed by atoms with Crippen LogP contribution in [0.3, 0.4) is 0 Å². The van der Waals surface area contributed by atoms with Crippen LogP contribution >= 0.6 is 15.9 Å². The maximum atomic E-state index is 12.0. The molecule has 0 aromatic heterocycles. The molecule has 98 valence electrons. The van der Waals surface area contributed by atoms with Crippen LogP contribution in [0, 0.1) is 28.1 Å². The second-order valence-corrected chi connectivity index (χ2v) is 7.82. The smallest absolute Gasteiger partial charge is 0.169 e. The molecule has 4 nitrogen and oxygen atoms in total. The molecule has 1 saturated carbocycles. The Labute approximate surface area is 120 Å². The Kier molecular flexibility index (Phi) is 3.42. The fourth-order valence-corrected chi connectivity index (χ4v) is 4.58. The van der Waals surface area contributed by atoms with Gasteiger partial charge in [0.05, 0.1) is 12.1 Å². The number of nitriles is 2. The van der Waals surface area contributed by atoms with Crippen molar-refractivity contribution in [3.63, 3.8) is 0 Å². The summed E-state index contributed by atoms with van der Waals surface area (Å²) in [7, 11) is -3.42. The topological polar surface area (TPSA) is 81.7 Å². The van der Waals surface area contributed by atoms with Gasteiger partial charge in [-0.15, -0.1) is 0 Å². The van der Waals surface area contributed by atoms with E-state index in [0.29, 0.717) is 5.56 Å². The molecule has 0 spiro atoms. The fraction of sp³-hybridized carbons (Fsp3) is 0.385. The summed E-state index contributed by atoms with van der Waals surface area (Å²) in [6.45, 7) is 1.53. The van der Waals surface area contributed by atoms with Gasteiger partial charge in [-0.25, -0.2) is 8.42 Å². The molecule has 1 aliphatic rings. The third kappa shape index (κ3) is 2.05. The minimum atomic E-state index is -3.42. The SMILES string of the molecule is CCS(=O)(=O)[C@@H]1[C@H](c2ccc(Br)cc2)C1(C#N)C#N. The normalized spacial score (nSPS) is 24.2. The van der Waals surface area contributed by atoms with Crippen LogP contribution in [0.4, 0.5) is 0 Å². The molecule has 0 radical (unpaired) electrons. The molecule has 0 saturated heterocycles. The fourth-order valence-electron chi connectivity index (χ4n) is 2.43. The molecule has 6 heteroatoms. The van der Waals surface area contributed by atoms with Gasteiger partial charge in [-0.3, -0.25) is 0 Å². The lowest BCUT2D eigenvalue weighted by molar-refractivity contribution is 0.592. The monoisotopic (exact) mass is 338 g/mol. The minimum absolute atomic E-state index is 0.0597. The van der Waals surface area contributed by atoms with E-state index in [9.17, 15) is 18.9 Å². The number of rotatable bonds is 3. The molecule has 1 aliphatic carbocycles. The highest BCUT2D eigenvalue weighted by Crippen LogP contribution is 2.62. The summed E-state index contributed by atoms with van der Waals surface area (Å²) in [4.78, 5) is 0. The third-order valence-electron chi connectivity index (χ3n) is 3.52. The molecule has 0 aliphatic heterocycles. The Morgan fingerprint density at radius 2 is 1.79 bits per heavy atom. The summed E-state index contributed by atoms with van der Waals surface area (Å²) >= 11 is 3.30. The second kappa shape index (κ2) is 4.63. The zero-order valence-electron chi connectivity index (χ0n) is 10.2. The van der Waals surface area contributed by atoms with Crippen molar-refractivity contribution in [2.45, 2.75) is 18.1 Å². The van der Waals surface area contributed by atoms with Crippen molar-refractivity contribution in [3.05, 3.63) is 34.3 Å². The van der Waals surface area contributed by atoms with E-state index in [1.54, 1.807) is 24.3 Å². The lowest BCUT2D eigenvalue weighted by Gasteiger charge is -2.00. The van der Waals surface area contributed by atoms with E-state index in [1.165, 1.54) is 6.92 Å². The lowest BCUT2D eigenvalue weighted by atomic mass is 10.0. The minimum Gasteiger partial charge on any atom is -0.228 e. The van der Waals surface area contributed by atoms with Crippen molar-refractivity contribution in [3.8, 4) is 12.1 Å². The van der Waals surface area contributed by atoms with Crippen molar-refractivity contribution in [1.29, 1.82) is 10.5 Å². The van der Waals surface area contributed by atoms with Gasteiger partial charge >= 0.3 is 0 Å². The molecule has 0 bridgehead atoms. The van der Waals surface area contributed by atoms with Gasteiger partial charge in [-0.05, 0) is 17.7 Å². The zero-order valence-corrected chi connectivity index (χ0v) is 12.6. The van der Waals surface area contributed by atoms with Crippen LogP contribution in [0.5, 0.6) is 0 Å². The lowest BCUT2D eigenvalue weighted by Crippen LogP contribution is -2.15. The number of benzene rings is 1. The molecule has 0 N–H and O–H groups in total. The molecule has 0 amide bonds. The van der Waals surface area contributed by atoms with E-state index in [2.05, 4.69) is 15.9 Å². The van der Waals surface area contributed by atoms with E-state index in [1.807, 2.05) is 12.1 Å². The second-order valence-electron chi connectivity index (χ2n) is 4.49. The molecule has 2 rings (SSSR count). The van der Waals surface area contributed by atoms with E-state index in [0.717, 1.165) is 4.47 Å². The van der Waals surface area contributed by atoms with E-state index in [-0.39, 0.29) is 5.75 Å². The Bertz CT molecular complexity index is 669. The average Bonchev–Trinajstić information content (AvgIpc) is 3.10. The van der Waals surface area contributed by atoms with Crippen LogP contribution in [0.1, 0.15) is 18.4 Å². The molecular formula is C13H11BrN2O2S. The van der Waals surface area contributed by atoms with Crippen molar-refractivity contribution < 1.29 is 8.42 Å². The maximum Gasteiger partial charge on any atom is 0.169 e. The average molecular weight is 339 g/mol. The van der Waals surface area contributed by atoms with Gasteiger partial charge in [0, 0.05) is 16.1 Å². The highest BCUT2D eigenvalue weighted by atomic mass is 79.9. The summed E-state index contributed by atoms with van der Waals surface area (Å²) in [5, 5.41) is 17.5. The number of halogens is 1. The van der Waals surface area contributed by atoms with Crippen LogP contribution in [0.2, 0.25) is 0 Å². The highest BCUT2D eigenvalue weighted by Gasteiger charge is 2.72. The van der Waals surface area contributed by atoms with Gasteiger partial charge in [0.25, 0.3) is 0 Å². The largest absolute Gasteiger partial charge is 0.228 e. The standard InChI is InChI=1S/C13H11BrN2O2S/c1-2-19(17,18)12-11(13(12,7-15)8-16)9-3-5-10(14)6-4-9/h3-6,11-12H,2H2,1H3/t11-,12+/m0/s1. The first-order valence-electron chi connectivity index (χ1n) is 5.72. The molecular weight excluding hydrogens is 328 g/mol. The molecule has 1 fully saturated rings. The van der Waals surface area contributed by atoms with Gasteiger partial charge < -0.3 is 0 Å². The van der Waals surface area contributed by atoms with Crippen LogP contribution in [-0.2, 0) is 9.84 Å². The van der Waals surface area contributed by atoms with E-state index < -0.39 is 26.4 Å². The first kappa shape index (κ1) is 14.0. The van der Waals surface area contributed by atoms with Gasteiger partial charge in [0.2, 0.25) is 0 Å². The Hall–Kier alpha value is -1.37. The number of hydrogen-bond donors (Lipinski definition) is 0. The van der Waals surface area contributed by atoms with Crippen LogP contribution in [0.25, 0.3) is 0 Å². The van der Waals surface area contributed by atoms with Crippen molar-refractivity contribution in [2.24, 2.45) is 5.41 Å². The quantitative estimate of drug-likeness (QED) is 0.847. The third-order valence-corrected chi connectivity index (χ3v) is 6.27. The van der Waals surface area contributed by atoms with Crippen LogP contribution < -0.4 is 0 Å². The summed E-state index contributed by atoms with van der Waals surface area (Å²) in [6.07, 6.45) is 0. The predicted molar refractivity (Wildman–Crippen MR) is 73.8 cm³/mol. The molecule has 2 atom stereocenters. The first-order valence-corrected chi connectivity index (χ1v) is 8.23. The Morgan fingerprint density at radius 1 is 1.26 bits per heavy atom. The van der Waals surface area contributed by atoms with E-state index >= 15 is 0 Å². The summed E-state index contributed by atoms with van der Waals surface area (Å²) in [5.41, 5.74) is -0.726. The highest BCUT2D eigenvalue weighted by molar-refractivity contribution is 9.10. The van der Waals surface area contributed by atoms with E-state index in [4.69, 9.17) is 0 Å². The predicted octanol–water partition coefficient (Wildman–Crippen LogP) is 2.38. The summed E-state index contributed by atoms with van der Waals surface area (Å²) in [5.74, 6) is -0.615. The first-order chi connectivity index (χ1) is 8.93. The molecule has 0 unspecified atom stereocenters. The Balaban J connectivity index is 2.50. The summed E-state index contributed by atoms with van der Waals surface area (Å²) in [6, 6.07) is 10.9. The zero-order chi connectivity index (χ0) is 14.3. The Morgan fingerprint density at radius 3 is 2.21 bits per heavy atom. The van der Waals surface area contributed by atoms with Gasteiger partial charge in [-0.2, -0.15) is 10.5 Å². The number of sulfone groups is 1. The number of nitrogens with zero attached hydrogens (tertiary/aromatic N) is 2. The summed E-state index contributed by atoms with van der Waals surface area (Å²) < 4.78 is 24.9. The van der Waals surface area contributed by atoms with Crippen LogP contribution in [0.15, 0.2) is 28.7 Å². The van der Waals surface area contributed by atoms with Gasteiger partial charge in [0.15, 0.2) is 15.3 Å². The van der Waals surface area contributed by atoms with Crippen molar-refractivity contribution in [2.75, 3.05) is 5.75 Å². The molecule has 1 aromatic carbocycles. The van der Waals surface area contributed by atoms with Crippen molar-refractivity contribution in [1.82, 2.24) is 0 Å². The van der Waals surface area contributed by atoms with Crippen LogP contribution in [-0.4, -0.2) is 19.4 Å². The number of hydrogen-bond acceptors (Lipinski definition) is 4. The molecule has 0 heterocycles. The van der Waals surface area contributed by atoms with Crippen molar-refractivity contribution >= 4 is 25.8 Å². The molecule has 19 heavy (non-hydrogen) atoms.